The van der Waals surface area contributed by atoms with Gasteiger partial charge in [-0.25, -0.2) is 9.13 Å². The van der Waals surface area contributed by atoms with Crippen LogP contribution in [0.1, 0.15) is 110 Å². The van der Waals surface area contributed by atoms with Crippen LogP contribution < -0.4 is 0 Å². The number of phosphoric ester groups is 2. The third-order valence-electron chi connectivity index (χ3n) is 8.34. The molecule has 0 fully saturated rings. The first-order valence-electron chi connectivity index (χ1n) is 22.6. The molecule has 0 amide bonds. The Bertz CT molecular complexity index is 1730. The van der Waals surface area contributed by atoms with Crippen LogP contribution in [0.15, 0.2) is 146 Å². The summed E-state index contributed by atoms with van der Waals surface area (Å²) in [7, 11) is -9.80. The van der Waals surface area contributed by atoms with E-state index in [0.717, 1.165) is 64.2 Å². The number of hydrogen-bond donors (Lipinski definition) is 5. The summed E-state index contributed by atoms with van der Waals surface area (Å²) in [5.41, 5.74) is 0. The number of carbonyl (C=O) groups excluding carboxylic acids is 2. The minimum Gasteiger partial charge on any atom is -0.462 e. The van der Waals surface area contributed by atoms with E-state index in [0.29, 0.717) is 12.8 Å². The summed E-state index contributed by atoms with van der Waals surface area (Å²) in [6, 6.07) is 0. The van der Waals surface area contributed by atoms with Crippen molar-refractivity contribution in [1.82, 2.24) is 0 Å². The molecular formula is C50H76O14P2. The molecule has 0 heterocycles. The van der Waals surface area contributed by atoms with Crippen molar-refractivity contribution >= 4 is 27.6 Å². The van der Waals surface area contributed by atoms with Crippen molar-refractivity contribution in [2.75, 3.05) is 26.4 Å². The molecule has 66 heavy (non-hydrogen) atoms. The molecule has 0 saturated heterocycles. The molecule has 0 aromatic rings. The highest BCUT2D eigenvalue weighted by Crippen LogP contribution is 2.43. The summed E-state index contributed by atoms with van der Waals surface area (Å²) in [4.78, 5) is 52.8. The number of esters is 2. The lowest BCUT2D eigenvalue weighted by atomic mass is 10.2. The first-order valence-corrected chi connectivity index (χ1v) is 25.7. The van der Waals surface area contributed by atoms with Gasteiger partial charge in [0.05, 0.1) is 25.9 Å². The van der Waals surface area contributed by atoms with E-state index in [1.165, 1.54) is 6.08 Å². The molecule has 0 aliphatic heterocycles. The van der Waals surface area contributed by atoms with E-state index in [4.69, 9.17) is 23.8 Å². The first kappa shape index (κ1) is 62.0. The van der Waals surface area contributed by atoms with E-state index >= 15 is 0 Å². The second kappa shape index (κ2) is 43.5. The zero-order chi connectivity index (χ0) is 48.8. The second-order valence-corrected chi connectivity index (χ2v) is 17.1. The SMILES string of the molecule is CC/C=C\C/C=C\C/C=C\C/C=C\C/C=C\C=C/C(O)CCC(=O)OC[C@H](COP(=O)(O)OC[C@@H](O)COP(=O)(O)O)OC(=O)CC/C=C\C/C=C\C/C=C\C/C=C\C/C=C\C/C=C\CC. The molecule has 0 aliphatic carbocycles. The summed E-state index contributed by atoms with van der Waals surface area (Å²) >= 11 is 0. The van der Waals surface area contributed by atoms with Gasteiger partial charge in [0.25, 0.3) is 0 Å². The Morgan fingerprint density at radius 1 is 0.485 bits per heavy atom. The maximum atomic E-state index is 12.7. The summed E-state index contributed by atoms with van der Waals surface area (Å²) in [5, 5.41) is 20.1. The number of aliphatic hydroxyl groups excluding tert-OH is 2. The lowest BCUT2D eigenvalue weighted by molar-refractivity contribution is -0.161. The number of phosphoric acid groups is 2. The normalized spacial score (nSPS) is 15.7. The molecule has 4 atom stereocenters. The molecule has 14 nitrogen and oxygen atoms in total. The average molecular weight is 963 g/mol. The van der Waals surface area contributed by atoms with Gasteiger partial charge in [0.1, 0.15) is 12.7 Å². The van der Waals surface area contributed by atoms with Gasteiger partial charge in [-0.1, -0.05) is 160 Å². The lowest BCUT2D eigenvalue weighted by Crippen LogP contribution is -2.30. The van der Waals surface area contributed by atoms with Crippen molar-refractivity contribution in [3.63, 3.8) is 0 Å². The molecule has 0 rings (SSSR count). The number of aliphatic hydroxyl groups is 2. The van der Waals surface area contributed by atoms with Crippen LogP contribution in [0.2, 0.25) is 0 Å². The highest BCUT2D eigenvalue weighted by molar-refractivity contribution is 7.47. The van der Waals surface area contributed by atoms with Gasteiger partial charge in [-0.15, -0.1) is 0 Å². The fourth-order valence-corrected chi connectivity index (χ4v) is 6.11. The summed E-state index contributed by atoms with van der Waals surface area (Å²) in [6.45, 7) is 1.15. The minimum atomic E-state index is -4.90. The van der Waals surface area contributed by atoms with E-state index in [-0.39, 0.29) is 19.3 Å². The van der Waals surface area contributed by atoms with Crippen molar-refractivity contribution in [3.8, 4) is 0 Å². The van der Waals surface area contributed by atoms with Crippen molar-refractivity contribution in [3.05, 3.63) is 146 Å². The molecule has 0 bridgehead atoms. The lowest BCUT2D eigenvalue weighted by Gasteiger charge is -2.20. The maximum absolute atomic E-state index is 12.7. The summed E-state index contributed by atoms with van der Waals surface area (Å²) in [6.07, 6.45) is 54.7. The predicted octanol–water partition coefficient (Wildman–Crippen LogP) is 11.0. The maximum Gasteiger partial charge on any atom is 0.472 e. The molecule has 5 N–H and O–H groups in total. The van der Waals surface area contributed by atoms with Crippen LogP contribution in [0, 0.1) is 0 Å². The fourth-order valence-electron chi connectivity index (χ4n) is 4.95. The molecule has 0 spiro atoms. The van der Waals surface area contributed by atoms with E-state index in [1.54, 1.807) is 12.2 Å². The van der Waals surface area contributed by atoms with Gasteiger partial charge in [-0.3, -0.25) is 23.2 Å². The third kappa shape index (κ3) is 46.5. The Morgan fingerprint density at radius 2 is 0.894 bits per heavy atom. The average Bonchev–Trinajstić information content (AvgIpc) is 3.28. The Labute approximate surface area is 393 Å². The second-order valence-electron chi connectivity index (χ2n) is 14.4. The van der Waals surface area contributed by atoms with Gasteiger partial charge in [0.2, 0.25) is 0 Å². The minimum absolute atomic E-state index is 0.0424. The van der Waals surface area contributed by atoms with Crippen LogP contribution in [-0.2, 0) is 41.8 Å². The highest BCUT2D eigenvalue weighted by Gasteiger charge is 2.28. The van der Waals surface area contributed by atoms with Crippen LogP contribution in [0.25, 0.3) is 0 Å². The number of carbonyl (C=O) groups is 2. The zero-order valence-corrected chi connectivity index (χ0v) is 40.6. The monoisotopic (exact) mass is 962 g/mol. The number of rotatable bonds is 40. The zero-order valence-electron chi connectivity index (χ0n) is 38.8. The van der Waals surface area contributed by atoms with E-state index < -0.39 is 72.3 Å². The summed E-state index contributed by atoms with van der Waals surface area (Å²) in [5.74, 6) is -1.43. The predicted molar refractivity (Wildman–Crippen MR) is 263 cm³/mol. The van der Waals surface area contributed by atoms with Gasteiger partial charge in [0.15, 0.2) is 6.10 Å². The summed E-state index contributed by atoms with van der Waals surface area (Å²) < 4.78 is 47.5. The molecule has 0 aromatic heterocycles. The number of ether oxygens (including phenoxy) is 2. The molecule has 0 aromatic carbocycles. The van der Waals surface area contributed by atoms with Gasteiger partial charge in [-0.05, 0) is 83.5 Å². The van der Waals surface area contributed by atoms with E-state index in [2.05, 4.69) is 114 Å². The number of allylic oxidation sites excluding steroid dienone is 23. The van der Waals surface area contributed by atoms with Crippen molar-refractivity contribution in [2.45, 2.75) is 128 Å². The Morgan fingerprint density at radius 3 is 1.35 bits per heavy atom. The third-order valence-corrected chi connectivity index (χ3v) is 9.78. The smallest absolute Gasteiger partial charge is 0.462 e. The van der Waals surface area contributed by atoms with Crippen LogP contribution in [0.5, 0.6) is 0 Å². The van der Waals surface area contributed by atoms with Crippen LogP contribution in [-0.4, -0.2) is 81.6 Å². The van der Waals surface area contributed by atoms with Crippen LogP contribution >= 0.6 is 15.6 Å². The van der Waals surface area contributed by atoms with Gasteiger partial charge < -0.3 is 34.4 Å². The van der Waals surface area contributed by atoms with Gasteiger partial charge in [0, 0.05) is 12.8 Å². The molecule has 0 aliphatic rings. The van der Waals surface area contributed by atoms with Crippen LogP contribution in [0.4, 0.5) is 0 Å². The quantitative estimate of drug-likeness (QED) is 0.0167. The van der Waals surface area contributed by atoms with E-state index in [1.807, 2.05) is 36.5 Å². The molecule has 16 heteroatoms. The largest absolute Gasteiger partial charge is 0.472 e. The van der Waals surface area contributed by atoms with E-state index in [9.17, 15) is 33.8 Å². The van der Waals surface area contributed by atoms with Crippen molar-refractivity contribution in [2.24, 2.45) is 0 Å². The molecule has 2 unspecified atom stereocenters. The first-order chi connectivity index (χ1) is 31.8. The molecule has 0 saturated carbocycles. The Balaban J connectivity index is 4.86. The molecule has 370 valence electrons. The van der Waals surface area contributed by atoms with Crippen LogP contribution in [0.3, 0.4) is 0 Å². The van der Waals surface area contributed by atoms with Gasteiger partial charge in [-0.2, -0.15) is 0 Å². The Hall–Kier alpha value is -4.04. The van der Waals surface area contributed by atoms with Crippen molar-refractivity contribution < 1.29 is 66.7 Å². The van der Waals surface area contributed by atoms with Gasteiger partial charge >= 0.3 is 27.6 Å². The Kier molecular flexibility index (Phi) is 40.9. The fraction of sp³-hybridized carbons (Fsp3) is 0.480. The molecule has 0 radical (unpaired) electrons. The number of hydrogen-bond acceptors (Lipinski definition) is 11. The standard InChI is InChI=1S/C50H76O14P2/c1-3-5-7-9-11-13-15-17-19-21-22-23-25-27-29-31-33-35-37-39-50(54)64-48(45-63-66(58,59)62-43-47(52)42-61-65(55,56)57)44-60-49(53)41-40-46(51)38-36-34-32-30-28-26-24-20-18-16-14-12-10-8-6-4-2/h5-8,11-14,17-20,22-23,26-29,32-36,38,46-48,51-52H,3-4,9-10,15-16,21,24-25,30-31,37,39-45H2,1-2H3,(H,58,59)(H2,55,56,57)/b7-5-,8-6-,13-11-,14-12-,19-17-,20-18-,23-22-,28-26-,29-27-,34-32-,35-33-,38-36-/t46?,47-,48+/m0/s1. The molecular weight excluding hydrogens is 886 g/mol. The highest BCUT2D eigenvalue weighted by atomic mass is 31.2. The van der Waals surface area contributed by atoms with Crippen molar-refractivity contribution in [1.29, 1.82) is 0 Å². The topological polar surface area (TPSA) is 216 Å².